The Hall–Kier alpha value is -1.12. The lowest BCUT2D eigenvalue weighted by molar-refractivity contribution is -0.911. The van der Waals surface area contributed by atoms with Crippen LogP contribution in [0.15, 0.2) is 18.3 Å². The van der Waals surface area contributed by atoms with E-state index in [-0.39, 0.29) is 11.7 Å². The van der Waals surface area contributed by atoms with Gasteiger partial charge in [-0.15, -0.1) is 0 Å². The molecule has 0 fully saturated rings. The molecule has 0 radical (unpaired) electrons. The van der Waals surface area contributed by atoms with Crippen molar-refractivity contribution in [3.05, 3.63) is 29.8 Å². The minimum Gasteiger partial charge on any atom is -0.285 e. The zero-order chi connectivity index (χ0) is 10.0. The molecule has 3 heteroatoms. The van der Waals surface area contributed by atoms with Crippen LogP contribution in [0.2, 0.25) is 0 Å². The predicted octanol–water partition coefficient (Wildman–Crippen LogP) is 2.11. The molecule has 0 saturated carbocycles. The lowest BCUT2D eigenvalue weighted by Crippen LogP contribution is -2.38. The molecule has 0 aliphatic rings. The van der Waals surface area contributed by atoms with E-state index < -0.39 is 0 Å². The summed E-state index contributed by atoms with van der Waals surface area (Å²) in [5.41, 5.74) is 0.345. The molecule has 2 nitrogen and oxygen atoms in total. The van der Waals surface area contributed by atoms with Crippen molar-refractivity contribution < 1.29 is 14.3 Å². The van der Waals surface area contributed by atoms with Gasteiger partial charge in [0.15, 0.2) is 5.82 Å². The normalized spacial score (nSPS) is 13.3. The minimum atomic E-state index is -0.355. The fraction of sp³-hybridized carbons (Fsp3) is 0.500. The second-order valence-corrected chi connectivity index (χ2v) is 3.62. The largest absolute Gasteiger partial charge is 0.285 e. The molecule has 1 unspecified atom stereocenters. The van der Waals surface area contributed by atoms with E-state index in [0.29, 0.717) is 11.6 Å². The van der Waals surface area contributed by atoms with E-state index in [1.165, 1.54) is 18.3 Å². The maximum atomic E-state index is 13.3. The van der Waals surface area contributed by atoms with E-state index in [4.69, 9.17) is 0 Å². The van der Waals surface area contributed by atoms with Gasteiger partial charge in [0.25, 0.3) is 5.69 Å². The van der Waals surface area contributed by atoms with Crippen molar-refractivity contribution in [2.24, 2.45) is 5.92 Å². The van der Waals surface area contributed by atoms with Gasteiger partial charge >= 0.3 is 0 Å². The molecule has 1 N–H and O–H groups in total. The van der Waals surface area contributed by atoms with Crippen molar-refractivity contribution in [1.82, 2.24) is 0 Å². The van der Waals surface area contributed by atoms with Crippen molar-refractivity contribution in [2.45, 2.75) is 26.7 Å². The van der Waals surface area contributed by atoms with E-state index in [0.717, 1.165) is 4.73 Å². The molecule has 0 aliphatic carbocycles. The van der Waals surface area contributed by atoms with Crippen molar-refractivity contribution in [1.29, 1.82) is 0 Å². The van der Waals surface area contributed by atoms with Crippen molar-refractivity contribution >= 4 is 0 Å². The SMILES string of the molecule is CC(C)C(C)c1c(F)ccc[n+]1O. The molecular weight excluding hydrogens is 169 g/mol. The van der Waals surface area contributed by atoms with Gasteiger partial charge in [-0.25, -0.2) is 0 Å². The maximum absolute atomic E-state index is 13.3. The zero-order valence-electron chi connectivity index (χ0n) is 8.16. The smallest absolute Gasteiger partial charge is 0.272 e. The lowest BCUT2D eigenvalue weighted by Gasteiger charge is -2.11. The van der Waals surface area contributed by atoms with Crippen LogP contribution in [0.1, 0.15) is 32.4 Å². The Kier molecular flexibility index (Phi) is 2.86. The molecule has 1 heterocycles. The molecule has 72 valence electrons. The average Bonchev–Trinajstić information content (AvgIpc) is 2.03. The molecule has 13 heavy (non-hydrogen) atoms. The first-order valence-electron chi connectivity index (χ1n) is 4.43. The second-order valence-electron chi connectivity index (χ2n) is 3.62. The van der Waals surface area contributed by atoms with Crippen LogP contribution in [-0.4, -0.2) is 5.21 Å². The molecule has 0 saturated heterocycles. The van der Waals surface area contributed by atoms with Crippen molar-refractivity contribution in [3.63, 3.8) is 0 Å². The van der Waals surface area contributed by atoms with E-state index in [2.05, 4.69) is 0 Å². The molecule has 0 spiro atoms. The summed E-state index contributed by atoms with van der Waals surface area (Å²) in [7, 11) is 0. The Labute approximate surface area is 77.6 Å². The number of rotatable bonds is 2. The van der Waals surface area contributed by atoms with Gasteiger partial charge in [0, 0.05) is 10.8 Å². The van der Waals surface area contributed by atoms with Crippen LogP contribution in [0.3, 0.4) is 0 Å². The van der Waals surface area contributed by atoms with Gasteiger partial charge < -0.3 is 0 Å². The quantitative estimate of drug-likeness (QED) is 0.552. The van der Waals surface area contributed by atoms with Gasteiger partial charge in [0.2, 0.25) is 6.20 Å². The van der Waals surface area contributed by atoms with Crippen LogP contribution < -0.4 is 4.73 Å². The first-order valence-corrected chi connectivity index (χ1v) is 4.43. The molecule has 1 aromatic heterocycles. The molecular formula is C10H15FNO+. The highest BCUT2D eigenvalue weighted by atomic mass is 19.1. The van der Waals surface area contributed by atoms with Crippen LogP contribution in [0.4, 0.5) is 4.39 Å². The maximum Gasteiger partial charge on any atom is 0.272 e. The highest BCUT2D eigenvalue weighted by Gasteiger charge is 2.25. The Morgan fingerprint density at radius 1 is 1.38 bits per heavy atom. The van der Waals surface area contributed by atoms with Crippen LogP contribution in [0.5, 0.6) is 0 Å². The fourth-order valence-corrected chi connectivity index (χ4v) is 1.23. The summed E-state index contributed by atoms with van der Waals surface area (Å²) in [5, 5.41) is 9.39. The standard InChI is InChI=1S/C10H15FNO/c1-7(2)8(3)10-9(11)5-4-6-12(10)13/h4-8,13H,1-3H3/q+1. The molecule has 1 aromatic rings. The van der Waals surface area contributed by atoms with Gasteiger partial charge in [-0.3, -0.25) is 5.21 Å². The lowest BCUT2D eigenvalue weighted by atomic mass is 9.94. The minimum absolute atomic E-state index is 0.00574. The molecule has 0 aliphatic heterocycles. The van der Waals surface area contributed by atoms with E-state index in [1.54, 1.807) is 0 Å². The highest BCUT2D eigenvalue weighted by molar-refractivity contribution is 5.06. The third-order valence-electron chi connectivity index (χ3n) is 2.39. The Morgan fingerprint density at radius 2 is 2.00 bits per heavy atom. The van der Waals surface area contributed by atoms with E-state index in [1.807, 2.05) is 20.8 Å². The Bertz CT molecular complexity index is 279. The third-order valence-corrected chi connectivity index (χ3v) is 2.39. The van der Waals surface area contributed by atoms with Crippen LogP contribution in [-0.2, 0) is 0 Å². The first kappa shape index (κ1) is 9.96. The summed E-state index contributed by atoms with van der Waals surface area (Å²) < 4.78 is 14.1. The number of nitrogens with zero attached hydrogens (tertiary/aromatic N) is 1. The molecule has 0 bridgehead atoms. The van der Waals surface area contributed by atoms with E-state index >= 15 is 0 Å². The average molecular weight is 184 g/mol. The number of aromatic nitrogens is 1. The monoisotopic (exact) mass is 184 g/mol. The molecule has 1 rings (SSSR count). The van der Waals surface area contributed by atoms with Gasteiger partial charge in [-0.05, 0) is 12.0 Å². The van der Waals surface area contributed by atoms with Crippen molar-refractivity contribution in [3.8, 4) is 0 Å². The van der Waals surface area contributed by atoms with Gasteiger partial charge in [-0.1, -0.05) is 20.8 Å². The predicted molar refractivity (Wildman–Crippen MR) is 47.0 cm³/mol. The molecule has 1 atom stereocenters. The number of pyridine rings is 1. The van der Waals surface area contributed by atoms with Crippen molar-refractivity contribution in [2.75, 3.05) is 0 Å². The summed E-state index contributed by atoms with van der Waals surface area (Å²) in [5.74, 6) is -0.0484. The van der Waals surface area contributed by atoms with E-state index in [9.17, 15) is 9.60 Å². The topological polar surface area (TPSA) is 24.1 Å². The van der Waals surface area contributed by atoms with Crippen LogP contribution >= 0.6 is 0 Å². The zero-order valence-corrected chi connectivity index (χ0v) is 8.16. The fourth-order valence-electron chi connectivity index (χ4n) is 1.23. The summed E-state index contributed by atoms with van der Waals surface area (Å²) in [6.45, 7) is 5.89. The number of hydrogen-bond acceptors (Lipinski definition) is 1. The third kappa shape index (κ3) is 1.97. The summed E-state index contributed by atoms with van der Waals surface area (Å²) in [4.78, 5) is 0. The van der Waals surface area contributed by atoms with Gasteiger partial charge in [-0.2, -0.15) is 4.39 Å². The molecule has 0 aromatic carbocycles. The molecule has 0 amide bonds. The van der Waals surface area contributed by atoms with Crippen LogP contribution in [0.25, 0.3) is 0 Å². The number of hydrogen-bond donors (Lipinski definition) is 1. The highest BCUT2D eigenvalue weighted by Crippen LogP contribution is 2.22. The number of halogens is 1. The second kappa shape index (κ2) is 3.73. The van der Waals surface area contributed by atoms with Gasteiger partial charge in [0.05, 0.1) is 5.92 Å². The van der Waals surface area contributed by atoms with Gasteiger partial charge in [0.1, 0.15) is 0 Å². The Balaban J connectivity index is 3.12. The summed E-state index contributed by atoms with van der Waals surface area (Å²) in [6, 6.07) is 2.84. The summed E-state index contributed by atoms with van der Waals surface area (Å²) >= 11 is 0. The first-order chi connectivity index (χ1) is 6.04. The Morgan fingerprint density at radius 3 is 2.46 bits per heavy atom. The van der Waals surface area contributed by atoms with Crippen LogP contribution in [0, 0.1) is 11.7 Å². The summed E-state index contributed by atoms with van der Waals surface area (Å²) in [6.07, 6.45) is 1.44.